The molecule has 0 radical (unpaired) electrons. The normalized spacial score (nSPS) is 16.8. The standard InChI is InChI=1S/2C20H21N5O.C14H18N2O.C11H12ClN3O2.C6H4ClN3/c2*1-12-9-13(24-18-14-5-8-21-17(14)22-11-23-18)10-15-16(12)19(26)25-20(15)6-3-2-4-7-20;1-9-7-10(15)8-11-12(9)13(17)16-14(11)5-3-2-4-6-14;1-11(2,3)17-10(16)15-5-4-7-8(12)13-6-14-9(7)15;7-5-4-1-2-8-6(4)10-3-9-5/h2*5,8-11H,2-4,6-7H2,1H3,(H,25,26)(H2,21,22,23,24);7-8H,2-6,15H2,1H3,(H,16,17);4-6H,1-3H3;1-3H,(H,8,9,10). The van der Waals surface area contributed by atoms with E-state index in [1.165, 1.54) is 49.3 Å². The molecule has 11 aromatic rings. The maximum atomic E-state index is 12.6. The number of nitrogens with zero attached hydrogens (tertiary/aromatic N) is 9. The Morgan fingerprint density at radius 1 is 0.500 bits per heavy atom. The first-order chi connectivity index (χ1) is 46.2. The molecule has 494 valence electrons. The van der Waals surface area contributed by atoms with Gasteiger partial charge >= 0.3 is 6.09 Å². The summed E-state index contributed by atoms with van der Waals surface area (Å²) in [7, 11) is 0. The molecule has 3 aliphatic heterocycles. The molecule has 6 aliphatic rings. The number of rotatable bonds is 4. The fourth-order valence-corrected chi connectivity index (χ4v) is 15.1. The Hall–Kier alpha value is -10.0. The molecule has 11 heterocycles. The summed E-state index contributed by atoms with van der Waals surface area (Å²) >= 11 is 11.6. The van der Waals surface area contributed by atoms with E-state index >= 15 is 0 Å². The second kappa shape index (κ2) is 26.3. The van der Waals surface area contributed by atoms with Crippen molar-refractivity contribution in [3.8, 4) is 0 Å². The summed E-state index contributed by atoms with van der Waals surface area (Å²) in [5.74, 6) is 1.76. The lowest BCUT2D eigenvalue weighted by Gasteiger charge is -2.34. The molecule has 10 N–H and O–H groups in total. The summed E-state index contributed by atoms with van der Waals surface area (Å²) in [4.78, 5) is 91.2. The second-order valence-corrected chi connectivity index (χ2v) is 27.3. The van der Waals surface area contributed by atoms with Gasteiger partial charge in [-0.3, -0.25) is 14.4 Å². The quantitative estimate of drug-likeness (QED) is 0.0584. The highest BCUT2D eigenvalue weighted by molar-refractivity contribution is 6.34. The number of anilines is 5. The van der Waals surface area contributed by atoms with Crippen LogP contribution in [0, 0.1) is 20.8 Å². The lowest BCUT2D eigenvalue weighted by atomic mass is 9.77. The molecule has 25 heteroatoms. The number of amides is 3. The Morgan fingerprint density at radius 2 is 0.885 bits per heavy atom. The van der Waals surface area contributed by atoms with Crippen molar-refractivity contribution in [3.05, 3.63) is 171 Å². The molecule has 3 saturated carbocycles. The van der Waals surface area contributed by atoms with E-state index in [2.05, 4.69) is 93.5 Å². The van der Waals surface area contributed by atoms with Crippen LogP contribution in [0.2, 0.25) is 10.3 Å². The zero-order valence-corrected chi connectivity index (χ0v) is 55.9. The Labute approximate surface area is 563 Å². The van der Waals surface area contributed by atoms with Crippen LogP contribution in [0.5, 0.6) is 0 Å². The molecule has 17 rings (SSSR count). The predicted octanol–water partition coefficient (Wildman–Crippen LogP) is 14.8. The van der Waals surface area contributed by atoms with Crippen LogP contribution in [-0.2, 0) is 21.4 Å². The van der Waals surface area contributed by atoms with Gasteiger partial charge in [0.1, 0.15) is 69.8 Å². The van der Waals surface area contributed by atoms with E-state index in [0.29, 0.717) is 21.3 Å². The molecule has 3 aliphatic carbocycles. The number of aryl methyl sites for hydroxylation is 3. The number of aromatic amines is 3. The van der Waals surface area contributed by atoms with Crippen LogP contribution in [0.4, 0.5) is 33.5 Å². The highest BCUT2D eigenvalue weighted by atomic mass is 35.5. The molecule has 96 heavy (non-hydrogen) atoms. The highest BCUT2D eigenvalue weighted by Crippen LogP contribution is 2.48. The topological polar surface area (TPSA) is 319 Å². The summed E-state index contributed by atoms with van der Waals surface area (Å²) in [6, 6.07) is 19.7. The van der Waals surface area contributed by atoms with Crippen LogP contribution in [0.1, 0.15) is 182 Å². The van der Waals surface area contributed by atoms with E-state index in [0.717, 1.165) is 176 Å². The minimum atomic E-state index is -0.551. The van der Waals surface area contributed by atoms with Gasteiger partial charge in [0.25, 0.3) is 17.7 Å². The third kappa shape index (κ3) is 12.8. The molecule has 0 atom stereocenters. The van der Waals surface area contributed by atoms with Gasteiger partial charge in [0.05, 0.1) is 38.2 Å². The Kier molecular flexibility index (Phi) is 17.7. The van der Waals surface area contributed by atoms with Crippen molar-refractivity contribution < 1.29 is 23.9 Å². The number of carbonyl (C=O) groups excluding carboxylic acids is 4. The van der Waals surface area contributed by atoms with E-state index in [1.807, 2.05) is 75.6 Å². The molecule has 23 nitrogen and oxygen atoms in total. The number of nitrogens with one attached hydrogen (secondary N) is 8. The number of nitrogens with two attached hydrogens (primary N) is 1. The van der Waals surface area contributed by atoms with Gasteiger partial charge in [-0.25, -0.2) is 49.2 Å². The number of H-pyrrole nitrogens is 3. The summed E-state index contributed by atoms with van der Waals surface area (Å²) < 4.78 is 6.56. The summed E-state index contributed by atoms with van der Waals surface area (Å²) in [5.41, 5.74) is 19.4. The minimum absolute atomic E-state index is 0.0704. The average Bonchev–Trinajstić information content (AvgIpc) is 1.61. The van der Waals surface area contributed by atoms with Crippen LogP contribution in [0.3, 0.4) is 0 Å². The number of hydrogen-bond acceptors (Lipinski definition) is 16. The van der Waals surface area contributed by atoms with Gasteiger partial charge in [0.2, 0.25) is 0 Å². The van der Waals surface area contributed by atoms with Crippen molar-refractivity contribution in [2.45, 2.75) is 160 Å². The van der Waals surface area contributed by atoms with Crippen molar-refractivity contribution in [1.82, 2.24) is 75.3 Å². The zero-order valence-electron chi connectivity index (χ0n) is 54.4. The van der Waals surface area contributed by atoms with E-state index < -0.39 is 11.7 Å². The van der Waals surface area contributed by atoms with Gasteiger partial charge in [0.15, 0.2) is 5.65 Å². The maximum Gasteiger partial charge on any atom is 0.420 e. The molecule has 8 aromatic heterocycles. The Balaban J connectivity index is 0.000000112. The average molecular weight is 1330 g/mol. The minimum Gasteiger partial charge on any atom is -0.443 e. The third-order valence-corrected chi connectivity index (χ3v) is 19.6. The van der Waals surface area contributed by atoms with Crippen LogP contribution in [0.15, 0.2) is 111 Å². The number of ether oxygens (including phenoxy) is 1. The first kappa shape index (κ1) is 64.7. The fourth-order valence-electron chi connectivity index (χ4n) is 14.7. The SMILES string of the molecule is CC(C)(C)OC(=O)n1ccc2c(Cl)ncnc21.Cc1cc(N)cc2c1C(=O)NC21CCCCC1.Cc1cc(Nc2ncnc3[nH]ccc23)cc2c1C(=O)NC21CCCCC1.Cc1cc(Nc2ncnc3[nH]ccc23)cc2c1C(=O)NC21CCCCC1.Clc1ncnc2[nH]ccc12. The molecular weight excluding hydrogens is 1260 g/mol. The number of fused-ring (bicyclic) bond motifs is 10. The number of nitrogen functional groups attached to an aromatic ring is 1. The molecule has 0 bridgehead atoms. The maximum absolute atomic E-state index is 12.6. The zero-order chi connectivity index (χ0) is 67.1. The van der Waals surface area contributed by atoms with Crippen molar-refractivity contribution in [1.29, 1.82) is 0 Å². The van der Waals surface area contributed by atoms with Crippen LogP contribution >= 0.6 is 23.2 Å². The first-order valence-electron chi connectivity index (χ1n) is 32.6. The van der Waals surface area contributed by atoms with Crippen molar-refractivity contribution >= 4 is 120 Å². The van der Waals surface area contributed by atoms with Gasteiger partial charge in [-0.15, -0.1) is 0 Å². The van der Waals surface area contributed by atoms with Crippen molar-refractivity contribution in [3.63, 3.8) is 0 Å². The molecule has 3 aromatic carbocycles. The van der Waals surface area contributed by atoms with Gasteiger partial charge < -0.3 is 52.0 Å². The number of hydrogen-bond donors (Lipinski definition) is 9. The molecule has 0 unspecified atom stereocenters. The van der Waals surface area contributed by atoms with E-state index in [9.17, 15) is 19.2 Å². The Bertz CT molecular complexity index is 4630. The second-order valence-electron chi connectivity index (χ2n) is 26.6. The van der Waals surface area contributed by atoms with Crippen LogP contribution in [0.25, 0.3) is 44.1 Å². The number of aromatic nitrogens is 12. The largest absolute Gasteiger partial charge is 0.443 e. The van der Waals surface area contributed by atoms with Crippen molar-refractivity contribution in [2.75, 3.05) is 16.4 Å². The van der Waals surface area contributed by atoms with Gasteiger partial charge in [-0.05, 0) is 174 Å². The van der Waals surface area contributed by atoms with Gasteiger partial charge in [0, 0.05) is 58.5 Å². The molecule has 3 amide bonds. The number of benzene rings is 3. The third-order valence-electron chi connectivity index (χ3n) is 19.0. The summed E-state index contributed by atoms with van der Waals surface area (Å²) in [6.07, 6.45) is 29.4. The smallest absolute Gasteiger partial charge is 0.420 e. The van der Waals surface area contributed by atoms with Crippen molar-refractivity contribution in [2.24, 2.45) is 0 Å². The monoisotopic (exact) mass is 1330 g/mol. The lowest BCUT2D eigenvalue weighted by molar-refractivity contribution is 0.0542. The van der Waals surface area contributed by atoms with Crippen LogP contribution < -0.4 is 32.3 Å². The first-order valence-corrected chi connectivity index (χ1v) is 33.4. The number of carbonyl (C=O) groups is 4. The Morgan fingerprint density at radius 3 is 1.32 bits per heavy atom. The predicted molar refractivity (Wildman–Crippen MR) is 372 cm³/mol. The van der Waals surface area contributed by atoms with E-state index in [-0.39, 0.29) is 34.3 Å². The lowest BCUT2D eigenvalue weighted by Crippen LogP contribution is -2.40. The molecular formula is C71H76Cl2N18O5. The highest BCUT2D eigenvalue weighted by Gasteiger charge is 2.47. The summed E-state index contributed by atoms with van der Waals surface area (Å²) in [5, 5.41) is 20.9. The fraction of sp³-hybridized carbons (Fsp3) is 0.352. The summed E-state index contributed by atoms with van der Waals surface area (Å²) in [6.45, 7) is 11.4. The van der Waals surface area contributed by atoms with E-state index in [4.69, 9.17) is 33.7 Å². The van der Waals surface area contributed by atoms with Crippen LogP contribution in [-0.4, -0.2) is 88.8 Å². The number of halogens is 2. The molecule has 3 fully saturated rings. The van der Waals surface area contributed by atoms with Gasteiger partial charge in [-0.2, -0.15) is 0 Å². The van der Waals surface area contributed by atoms with E-state index in [1.54, 1.807) is 51.9 Å². The molecule has 3 spiro atoms. The molecule has 0 saturated heterocycles. The van der Waals surface area contributed by atoms with Gasteiger partial charge in [-0.1, -0.05) is 81.0 Å².